The van der Waals surface area contributed by atoms with E-state index in [-0.39, 0.29) is 11.9 Å². The zero-order chi connectivity index (χ0) is 9.68. The second kappa shape index (κ2) is 5.02. The van der Waals surface area contributed by atoms with Gasteiger partial charge in [0.25, 0.3) is 0 Å². The molecule has 1 heterocycles. The first-order chi connectivity index (χ1) is 6.25. The van der Waals surface area contributed by atoms with Gasteiger partial charge in [0.15, 0.2) is 0 Å². The first-order valence-corrected chi connectivity index (χ1v) is 4.72. The molecule has 74 valence electrons. The highest BCUT2D eigenvalue weighted by atomic mass is 16.5. The van der Waals surface area contributed by atoms with E-state index in [1.54, 1.807) is 4.90 Å². The van der Waals surface area contributed by atoms with Crippen LogP contribution in [0.4, 0.5) is 0 Å². The maximum atomic E-state index is 11.3. The number of ether oxygens (including phenoxy) is 1. The van der Waals surface area contributed by atoms with Crippen molar-refractivity contribution in [1.29, 1.82) is 0 Å². The van der Waals surface area contributed by atoms with E-state index in [0.29, 0.717) is 6.61 Å². The fraction of sp³-hybridized carbons (Fsp3) is 0.700. The molecule has 0 unspecified atom stereocenters. The van der Waals surface area contributed by atoms with Crippen LogP contribution in [-0.4, -0.2) is 37.1 Å². The Morgan fingerprint density at radius 1 is 1.62 bits per heavy atom. The van der Waals surface area contributed by atoms with Crippen LogP contribution in [0.5, 0.6) is 0 Å². The highest BCUT2D eigenvalue weighted by Crippen LogP contribution is 2.12. The van der Waals surface area contributed by atoms with E-state index in [4.69, 9.17) is 4.74 Å². The Balaban J connectivity index is 2.47. The molecule has 0 aromatic carbocycles. The van der Waals surface area contributed by atoms with Gasteiger partial charge < -0.3 is 9.64 Å². The van der Waals surface area contributed by atoms with E-state index >= 15 is 0 Å². The van der Waals surface area contributed by atoms with E-state index in [1.807, 2.05) is 7.05 Å². The van der Waals surface area contributed by atoms with Crippen molar-refractivity contribution in [2.45, 2.75) is 25.3 Å². The predicted molar refractivity (Wildman–Crippen MR) is 51.4 cm³/mol. The van der Waals surface area contributed by atoms with Crippen molar-refractivity contribution in [3.63, 3.8) is 0 Å². The lowest BCUT2D eigenvalue weighted by Gasteiger charge is -2.25. The average molecular weight is 183 g/mol. The Labute approximate surface area is 79.4 Å². The lowest BCUT2D eigenvalue weighted by Crippen LogP contribution is -2.38. The van der Waals surface area contributed by atoms with Crippen molar-refractivity contribution >= 4 is 5.91 Å². The van der Waals surface area contributed by atoms with E-state index < -0.39 is 0 Å². The fourth-order valence-corrected chi connectivity index (χ4v) is 1.52. The van der Waals surface area contributed by atoms with E-state index in [1.165, 1.54) is 6.08 Å². The molecule has 3 heteroatoms. The molecule has 3 nitrogen and oxygen atoms in total. The summed E-state index contributed by atoms with van der Waals surface area (Å²) in [6.07, 6.45) is 4.63. The number of hydrogen-bond acceptors (Lipinski definition) is 2. The summed E-state index contributed by atoms with van der Waals surface area (Å²) in [6, 6.07) is 0.230. The predicted octanol–water partition coefficient (Wildman–Crippen LogP) is 1.20. The van der Waals surface area contributed by atoms with Gasteiger partial charge in [0, 0.05) is 13.7 Å². The van der Waals surface area contributed by atoms with Crippen LogP contribution in [0.15, 0.2) is 12.7 Å². The van der Waals surface area contributed by atoms with Crippen LogP contribution >= 0.6 is 0 Å². The lowest BCUT2D eigenvalue weighted by molar-refractivity contribution is -0.127. The molecule has 0 N–H and O–H groups in total. The van der Waals surface area contributed by atoms with Crippen molar-refractivity contribution in [3.05, 3.63) is 12.7 Å². The summed E-state index contributed by atoms with van der Waals surface area (Å²) in [7, 11) is 1.81. The smallest absolute Gasteiger partial charge is 0.246 e. The zero-order valence-electron chi connectivity index (χ0n) is 8.16. The van der Waals surface area contributed by atoms with Gasteiger partial charge in [-0.3, -0.25) is 4.79 Å². The molecular weight excluding hydrogens is 166 g/mol. The average Bonchev–Trinajstić information content (AvgIpc) is 2.43. The minimum absolute atomic E-state index is 0.0181. The topological polar surface area (TPSA) is 29.5 Å². The van der Waals surface area contributed by atoms with Crippen molar-refractivity contribution < 1.29 is 9.53 Å². The van der Waals surface area contributed by atoms with Gasteiger partial charge >= 0.3 is 0 Å². The van der Waals surface area contributed by atoms with Crippen LogP contribution in [0.3, 0.4) is 0 Å². The first kappa shape index (κ1) is 10.3. The molecular formula is C10H17NO2. The van der Waals surface area contributed by atoms with Gasteiger partial charge in [0.05, 0.1) is 12.6 Å². The van der Waals surface area contributed by atoms with Gasteiger partial charge in [-0.15, -0.1) is 0 Å². The van der Waals surface area contributed by atoms with Crippen LogP contribution < -0.4 is 0 Å². The first-order valence-electron chi connectivity index (χ1n) is 4.72. The molecule has 0 saturated carbocycles. The number of rotatable bonds is 2. The van der Waals surface area contributed by atoms with Gasteiger partial charge in [-0.1, -0.05) is 6.58 Å². The summed E-state index contributed by atoms with van der Waals surface area (Å²) < 4.78 is 5.39. The Kier molecular flexibility index (Phi) is 3.96. The Morgan fingerprint density at radius 3 is 3.08 bits per heavy atom. The molecule has 0 aromatic heterocycles. The summed E-state index contributed by atoms with van der Waals surface area (Å²) in [6.45, 7) is 4.96. The largest absolute Gasteiger partial charge is 0.379 e. The fourth-order valence-electron chi connectivity index (χ4n) is 1.52. The van der Waals surface area contributed by atoms with Gasteiger partial charge in [-0.2, -0.15) is 0 Å². The van der Waals surface area contributed by atoms with Gasteiger partial charge in [-0.05, 0) is 25.3 Å². The second-order valence-corrected chi connectivity index (χ2v) is 3.38. The minimum Gasteiger partial charge on any atom is -0.379 e. The summed E-state index contributed by atoms with van der Waals surface area (Å²) >= 11 is 0. The van der Waals surface area contributed by atoms with Crippen LogP contribution in [0, 0.1) is 0 Å². The van der Waals surface area contributed by atoms with Gasteiger partial charge in [0.2, 0.25) is 5.91 Å². The summed E-state index contributed by atoms with van der Waals surface area (Å²) in [5.41, 5.74) is 0. The van der Waals surface area contributed by atoms with E-state index in [0.717, 1.165) is 25.9 Å². The molecule has 0 bridgehead atoms. The number of likely N-dealkylation sites (N-methyl/N-ethyl adjacent to an activating group) is 1. The summed E-state index contributed by atoms with van der Waals surface area (Å²) in [5.74, 6) is -0.0181. The van der Waals surface area contributed by atoms with Crippen LogP contribution in [-0.2, 0) is 9.53 Å². The summed E-state index contributed by atoms with van der Waals surface area (Å²) in [4.78, 5) is 13.0. The molecule has 0 aromatic rings. The SMILES string of the molecule is C=CC(=O)N(C)[C@@H]1CCCCOC1. The lowest BCUT2D eigenvalue weighted by atomic mass is 10.1. The van der Waals surface area contributed by atoms with Crippen molar-refractivity contribution in [3.8, 4) is 0 Å². The maximum absolute atomic E-state index is 11.3. The molecule has 0 radical (unpaired) electrons. The number of carbonyl (C=O) groups excluding carboxylic acids is 1. The molecule has 13 heavy (non-hydrogen) atoms. The number of hydrogen-bond donors (Lipinski definition) is 0. The highest BCUT2D eigenvalue weighted by Gasteiger charge is 2.19. The van der Waals surface area contributed by atoms with Gasteiger partial charge in [0.1, 0.15) is 0 Å². The zero-order valence-corrected chi connectivity index (χ0v) is 8.16. The molecule has 1 amide bonds. The summed E-state index contributed by atoms with van der Waals surface area (Å²) in [5, 5.41) is 0. The number of carbonyl (C=O) groups is 1. The molecule has 0 aliphatic carbocycles. The maximum Gasteiger partial charge on any atom is 0.246 e. The van der Waals surface area contributed by atoms with Crippen LogP contribution in [0.25, 0.3) is 0 Å². The molecule has 1 fully saturated rings. The second-order valence-electron chi connectivity index (χ2n) is 3.38. The van der Waals surface area contributed by atoms with Crippen LogP contribution in [0.1, 0.15) is 19.3 Å². The van der Waals surface area contributed by atoms with Crippen LogP contribution in [0.2, 0.25) is 0 Å². The van der Waals surface area contributed by atoms with E-state index in [2.05, 4.69) is 6.58 Å². The highest BCUT2D eigenvalue weighted by molar-refractivity contribution is 5.87. The Hall–Kier alpha value is -0.830. The van der Waals surface area contributed by atoms with E-state index in [9.17, 15) is 4.79 Å². The number of nitrogens with zero attached hydrogens (tertiary/aromatic N) is 1. The molecule has 1 rings (SSSR count). The third kappa shape index (κ3) is 2.84. The van der Waals surface area contributed by atoms with Crippen molar-refractivity contribution in [1.82, 2.24) is 4.90 Å². The standard InChI is InChI=1S/C10H17NO2/c1-3-10(12)11(2)9-6-4-5-7-13-8-9/h3,9H,1,4-8H2,2H3/t9-/m1/s1. The molecule has 1 atom stereocenters. The Morgan fingerprint density at radius 2 is 2.38 bits per heavy atom. The van der Waals surface area contributed by atoms with Gasteiger partial charge in [-0.25, -0.2) is 0 Å². The molecule has 1 aliphatic heterocycles. The monoisotopic (exact) mass is 183 g/mol. The van der Waals surface area contributed by atoms with Crippen molar-refractivity contribution in [2.24, 2.45) is 0 Å². The minimum atomic E-state index is -0.0181. The molecule has 0 spiro atoms. The normalized spacial score (nSPS) is 23.3. The third-order valence-corrected chi connectivity index (χ3v) is 2.46. The third-order valence-electron chi connectivity index (χ3n) is 2.46. The van der Waals surface area contributed by atoms with Crippen molar-refractivity contribution in [2.75, 3.05) is 20.3 Å². The molecule has 1 saturated heterocycles. The Bertz CT molecular complexity index is 183. The molecule has 1 aliphatic rings. The number of amides is 1. The quantitative estimate of drug-likeness (QED) is 0.602.